The molecule has 1 saturated heterocycles. The summed E-state index contributed by atoms with van der Waals surface area (Å²) in [6.07, 6.45) is 2.39. The third-order valence-corrected chi connectivity index (χ3v) is 4.83. The Labute approximate surface area is 146 Å². The molecule has 1 aliphatic rings. The van der Waals surface area contributed by atoms with E-state index in [2.05, 4.69) is 15.9 Å². The molecule has 1 unspecified atom stereocenters. The Balaban J connectivity index is 1.99. The number of aldehydes is 1. The summed E-state index contributed by atoms with van der Waals surface area (Å²) in [4.78, 5) is 25.5. The SMILES string of the molecule is CC(C)(C)OC(=O)N1CCC(C(C=O)c2ccccc2Br)CC1. The number of nitrogens with zero attached hydrogens (tertiary/aromatic N) is 1. The van der Waals surface area contributed by atoms with Crippen LogP contribution in [0.5, 0.6) is 0 Å². The summed E-state index contributed by atoms with van der Waals surface area (Å²) in [5.41, 5.74) is 0.548. The van der Waals surface area contributed by atoms with E-state index in [1.165, 1.54) is 0 Å². The molecular weight excluding hydrogens is 358 g/mol. The fraction of sp³-hybridized carbons (Fsp3) is 0.556. The Kier molecular flexibility index (Phi) is 5.84. The Morgan fingerprint density at radius 1 is 1.30 bits per heavy atom. The molecule has 5 heteroatoms. The van der Waals surface area contributed by atoms with Gasteiger partial charge >= 0.3 is 6.09 Å². The van der Waals surface area contributed by atoms with Gasteiger partial charge in [-0.25, -0.2) is 4.79 Å². The van der Waals surface area contributed by atoms with Crippen LogP contribution in [0.15, 0.2) is 28.7 Å². The summed E-state index contributed by atoms with van der Waals surface area (Å²) in [5.74, 6) is 0.122. The Morgan fingerprint density at radius 2 is 1.91 bits per heavy atom. The van der Waals surface area contributed by atoms with Crippen molar-refractivity contribution in [2.24, 2.45) is 5.92 Å². The van der Waals surface area contributed by atoms with Crippen molar-refractivity contribution >= 4 is 28.3 Å². The average molecular weight is 382 g/mol. The van der Waals surface area contributed by atoms with Gasteiger partial charge in [-0.15, -0.1) is 0 Å². The Morgan fingerprint density at radius 3 is 2.43 bits per heavy atom. The summed E-state index contributed by atoms with van der Waals surface area (Å²) in [7, 11) is 0. The first-order chi connectivity index (χ1) is 10.8. The summed E-state index contributed by atoms with van der Waals surface area (Å²) in [6.45, 7) is 6.87. The number of likely N-dealkylation sites (tertiary alicyclic amines) is 1. The molecule has 1 aromatic carbocycles. The number of halogens is 1. The predicted octanol–water partition coefficient (Wildman–Crippen LogP) is 4.38. The maximum Gasteiger partial charge on any atom is 0.410 e. The normalized spacial score (nSPS) is 17.7. The number of benzene rings is 1. The van der Waals surface area contributed by atoms with Crippen molar-refractivity contribution in [3.05, 3.63) is 34.3 Å². The molecule has 126 valence electrons. The highest BCUT2D eigenvalue weighted by molar-refractivity contribution is 9.10. The first-order valence-corrected chi connectivity index (χ1v) is 8.79. The maximum atomic E-state index is 12.1. The molecular formula is C18H24BrNO3. The van der Waals surface area contributed by atoms with Crippen molar-refractivity contribution in [2.45, 2.75) is 45.1 Å². The van der Waals surface area contributed by atoms with Crippen LogP contribution in [0.4, 0.5) is 4.79 Å². The molecule has 0 aromatic heterocycles. The molecule has 0 radical (unpaired) electrons. The van der Waals surface area contributed by atoms with Gasteiger partial charge in [-0.3, -0.25) is 0 Å². The quantitative estimate of drug-likeness (QED) is 0.729. The molecule has 1 aliphatic heterocycles. The van der Waals surface area contributed by atoms with Crippen molar-refractivity contribution < 1.29 is 14.3 Å². The van der Waals surface area contributed by atoms with E-state index in [0.717, 1.165) is 29.2 Å². The van der Waals surface area contributed by atoms with Gasteiger partial charge < -0.3 is 14.4 Å². The molecule has 4 nitrogen and oxygen atoms in total. The van der Waals surface area contributed by atoms with Crippen molar-refractivity contribution in [3.8, 4) is 0 Å². The van der Waals surface area contributed by atoms with Gasteiger partial charge in [0.2, 0.25) is 0 Å². The standard InChI is InChI=1S/C18H24BrNO3/c1-18(2,3)23-17(22)20-10-8-13(9-11-20)15(12-21)14-6-4-5-7-16(14)19/h4-7,12-13,15H,8-11H2,1-3H3. The van der Waals surface area contributed by atoms with Crippen molar-refractivity contribution in [1.29, 1.82) is 0 Å². The highest BCUT2D eigenvalue weighted by Crippen LogP contribution is 2.35. The number of hydrogen-bond acceptors (Lipinski definition) is 3. The third kappa shape index (κ3) is 4.80. The van der Waals surface area contributed by atoms with E-state index >= 15 is 0 Å². The number of carbonyl (C=O) groups is 2. The smallest absolute Gasteiger partial charge is 0.410 e. The molecule has 0 aliphatic carbocycles. The van der Waals surface area contributed by atoms with E-state index in [-0.39, 0.29) is 17.9 Å². The number of ether oxygens (including phenoxy) is 1. The van der Waals surface area contributed by atoms with Gasteiger partial charge in [-0.1, -0.05) is 34.1 Å². The zero-order chi connectivity index (χ0) is 17.0. The molecule has 0 bridgehead atoms. The van der Waals surface area contributed by atoms with E-state index in [0.29, 0.717) is 13.1 Å². The predicted molar refractivity (Wildman–Crippen MR) is 93.5 cm³/mol. The van der Waals surface area contributed by atoms with Crippen LogP contribution in [-0.2, 0) is 9.53 Å². The van der Waals surface area contributed by atoms with Gasteiger partial charge in [0, 0.05) is 23.5 Å². The fourth-order valence-electron chi connectivity index (χ4n) is 2.95. The van der Waals surface area contributed by atoms with Crippen molar-refractivity contribution in [2.75, 3.05) is 13.1 Å². The molecule has 2 rings (SSSR count). The molecule has 1 heterocycles. The second-order valence-electron chi connectivity index (χ2n) is 6.99. The number of piperidine rings is 1. The lowest BCUT2D eigenvalue weighted by Crippen LogP contribution is -2.42. The van der Waals surface area contributed by atoms with Crippen LogP contribution in [0, 0.1) is 5.92 Å². The second kappa shape index (κ2) is 7.47. The van der Waals surface area contributed by atoms with Crippen LogP contribution in [0.1, 0.15) is 45.1 Å². The zero-order valence-electron chi connectivity index (χ0n) is 13.9. The van der Waals surface area contributed by atoms with Gasteiger partial charge in [0.15, 0.2) is 0 Å². The lowest BCUT2D eigenvalue weighted by molar-refractivity contribution is -0.110. The van der Waals surface area contributed by atoms with E-state index in [9.17, 15) is 9.59 Å². The van der Waals surface area contributed by atoms with Gasteiger partial charge in [0.25, 0.3) is 0 Å². The fourth-order valence-corrected chi connectivity index (χ4v) is 3.50. The van der Waals surface area contributed by atoms with E-state index in [4.69, 9.17) is 4.74 Å². The van der Waals surface area contributed by atoms with E-state index in [1.807, 2.05) is 45.0 Å². The van der Waals surface area contributed by atoms with E-state index < -0.39 is 5.60 Å². The lowest BCUT2D eigenvalue weighted by Gasteiger charge is -2.35. The number of rotatable bonds is 3. The molecule has 1 aromatic rings. The third-order valence-electron chi connectivity index (χ3n) is 4.11. The molecule has 0 spiro atoms. The first kappa shape index (κ1) is 18.0. The average Bonchev–Trinajstić information content (AvgIpc) is 2.49. The summed E-state index contributed by atoms with van der Waals surface area (Å²) in [6, 6.07) is 7.85. The maximum absolute atomic E-state index is 12.1. The monoisotopic (exact) mass is 381 g/mol. The zero-order valence-corrected chi connectivity index (χ0v) is 15.5. The molecule has 1 atom stereocenters. The van der Waals surface area contributed by atoms with E-state index in [1.54, 1.807) is 4.90 Å². The minimum absolute atomic E-state index is 0.133. The van der Waals surface area contributed by atoms with Crippen LogP contribution in [0.2, 0.25) is 0 Å². The molecule has 1 amide bonds. The van der Waals surface area contributed by atoms with Gasteiger partial charge in [-0.05, 0) is 51.2 Å². The molecule has 0 N–H and O–H groups in total. The van der Waals surface area contributed by atoms with Crippen LogP contribution in [0.25, 0.3) is 0 Å². The Hall–Kier alpha value is -1.36. The minimum atomic E-state index is -0.478. The van der Waals surface area contributed by atoms with Crippen LogP contribution in [0.3, 0.4) is 0 Å². The number of carbonyl (C=O) groups excluding carboxylic acids is 2. The highest BCUT2D eigenvalue weighted by Gasteiger charge is 2.31. The van der Waals surface area contributed by atoms with Gasteiger partial charge in [-0.2, -0.15) is 0 Å². The summed E-state index contributed by atoms with van der Waals surface area (Å²) >= 11 is 3.53. The second-order valence-corrected chi connectivity index (χ2v) is 7.84. The minimum Gasteiger partial charge on any atom is -0.444 e. The van der Waals surface area contributed by atoms with Crippen molar-refractivity contribution in [3.63, 3.8) is 0 Å². The summed E-state index contributed by atoms with van der Waals surface area (Å²) in [5, 5.41) is 0. The molecule has 1 fully saturated rings. The molecule has 0 saturated carbocycles. The molecule has 23 heavy (non-hydrogen) atoms. The lowest BCUT2D eigenvalue weighted by atomic mass is 9.81. The van der Waals surface area contributed by atoms with Gasteiger partial charge in [0.05, 0.1) is 0 Å². The van der Waals surface area contributed by atoms with Crippen LogP contribution in [-0.4, -0.2) is 36.0 Å². The topological polar surface area (TPSA) is 46.6 Å². The summed E-state index contributed by atoms with van der Waals surface area (Å²) < 4.78 is 6.38. The first-order valence-electron chi connectivity index (χ1n) is 7.99. The van der Waals surface area contributed by atoms with Gasteiger partial charge in [0.1, 0.15) is 11.9 Å². The van der Waals surface area contributed by atoms with Crippen LogP contribution < -0.4 is 0 Å². The number of amides is 1. The highest BCUT2D eigenvalue weighted by atomic mass is 79.9. The number of hydrogen-bond donors (Lipinski definition) is 0. The van der Waals surface area contributed by atoms with Crippen LogP contribution >= 0.6 is 15.9 Å². The largest absolute Gasteiger partial charge is 0.444 e. The Bertz CT molecular complexity index is 560. The van der Waals surface area contributed by atoms with Crippen molar-refractivity contribution in [1.82, 2.24) is 4.90 Å².